The molecule has 0 radical (unpaired) electrons. The minimum atomic E-state index is -1.08. The Labute approximate surface area is 87.1 Å². The summed E-state index contributed by atoms with van der Waals surface area (Å²) in [6.07, 6.45) is 0. The Kier molecular flexibility index (Phi) is 3.58. The molecule has 1 atom stereocenters. The SMILES string of the molecule is COC(=O)C(=O)[C@H](C#N)c1ccccc1. The largest absolute Gasteiger partial charge is 0.463 e. The number of nitrogens with zero attached hydrogens (tertiary/aromatic N) is 1. The molecule has 1 rings (SSSR count). The van der Waals surface area contributed by atoms with Gasteiger partial charge in [0.05, 0.1) is 13.2 Å². The number of ketones is 1. The minimum absolute atomic E-state index is 0.496. The summed E-state index contributed by atoms with van der Waals surface area (Å²) in [6, 6.07) is 10.2. The second-order valence-corrected chi connectivity index (χ2v) is 2.83. The first kappa shape index (κ1) is 10.9. The highest BCUT2D eigenvalue weighted by Gasteiger charge is 2.27. The third kappa shape index (κ3) is 2.41. The molecule has 0 N–H and O–H groups in total. The summed E-state index contributed by atoms with van der Waals surface area (Å²) in [5, 5.41) is 8.82. The van der Waals surface area contributed by atoms with Crippen molar-refractivity contribution in [3.8, 4) is 6.07 Å². The van der Waals surface area contributed by atoms with Gasteiger partial charge in [-0.1, -0.05) is 30.3 Å². The molecule has 15 heavy (non-hydrogen) atoms. The summed E-state index contributed by atoms with van der Waals surface area (Å²) in [5.74, 6) is -2.92. The van der Waals surface area contributed by atoms with Crippen molar-refractivity contribution in [2.24, 2.45) is 0 Å². The van der Waals surface area contributed by atoms with Crippen molar-refractivity contribution in [2.45, 2.75) is 5.92 Å². The summed E-state index contributed by atoms with van der Waals surface area (Å²) < 4.78 is 4.28. The van der Waals surface area contributed by atoms with E-state index in [1.54, 1.807) is 36.4 Å². The van der Waals surface area contributed by atoms with Crippen LogP contribution in [0.5, 0.6) is 0 Å². The van der Waals surface area contributed by atoms with Crippen molar-refractivity contribution in [3.05, 3.63) is 35.9 Å². The van der Waals surface area contributed by atoms with Gasteiger partial charge in [0.2, 0.25) is 0 Å². The molecule has 0 fully saturated rings. The maximum Gasteiger partial charge on any atom is 0.376 e. The second-order valence-electron chi connectivity index (χ2n) is 2.83. The van der Waals surface area contributed by atoms with Crippen molar-refractivity contribution < 1.29 is 14.3 Å². The Hall–Kier alpha value is -2.15. The maximum atomic E-state index is 11.4. The minimum Gasteiger partial charge on any atom is -0.463 e. The van der Waals surface area contributed by atoms with Gasteiger partial charge in [-0.15, -0.1) is 0 Å². The van der Waals surface area contributed by atoms with Crippen LogP contribution in [0.25, 0.3) is 0 Å². The predicted octanol–water partition coefficient (Wildman–Crippen LogP) is 1.04. The van der Waals surface area contributed by atoms with Gasteiger partial charge in [0.1, 0.15) is 5.92 Å². The van der Waals surface area contributed by atoms with E-state index in [4.69, 9.17) is 5.26 Å². The summed E-state index contributed by atoms with van der Waals surface area (Å²) in [7, 11) is 1.11. The van der Waals surface area contributed by atoms with Crippen LogP contribution < -0.4 is 0 Å². The molecule has 0 aliphatic heterocycles. The molecule has 0 aliphatic rings. The molecule has 1 aromatic carbocycles. The van der Waals surface area contributed by atoms with E-state index in [-0.39, 0.29) is 0 Å². The maximum absolute atomic E-state index is 11.4. The van der Waals surface area contributed by atoms with Gasteiger partial charge in [-0.3, -0.25) is 4.79 Å². The summed E-state index contributed by atoms with van der Waals surface area (Å²) in [4.78, 5) is 22.4. The summed E-state index contributed by atoms with van der Waals surface area (Å²) in [6.45, 7) is 0. The first-order valence-electron chi connectivity index (χ1n) is 4.27. The van der Waals surface area contributed by atoms with Crippen LogP contribution in [0.15, 0.2) is 30.3 Å². The molecule has 4 heteroatoms. The lowest BCUT2D eigenvalue weighted by Crippen LogP contribution is -2.22. The van der Waals surface area contributed by atoms with Crippen molar-refractivity contribution in [2.75, 3.05) is 7.11 Å². The quantitative estimate of drug-likeness (QED) is 0.543. The average Bonchev–Trinajstić information content (AvgIpc) is 2.30. The zero-order valence-corrected chi connectivity index (χ0v) is 8.14. The molecule has 0 saturated carbocycles. The zero-order valence-electron chi connectivity index (χ0n) is 8.14. The molecule has 0 amide bonds. The van der Waals surface area contributed by atoms with Crippen LogP contribution in [0.2, 0.25) is 0 Å². The Morgan fingerprint density at radius 3 is 2.40 bits per heavy atom. The van der Waals surface area contributed by atoms with E-state index in [2.05, 4.69) is 4.74 Å². The number of benzene rings is 1. The van der Waals surface area contributed by atoms with Gasteiger partial charge in [-0.2, -0.15) is 5.26 Å². The fourth-order valence-corrected chi connectivity index (χ4v) is 1.15. The van der Waals surface area contributed by atoms with Crippen molar-refractivity contribution in [1.82, 2.24) is 0 Å². The van der Waals surface area contributed by atoms with E-state index in [9.17, 15) is 9.59 Å². The van der Waals surface area contributed by atoms with Gasteiger partial charge in [-0.05, 0) is 5.56 Å². The fraction of sp³-hybridized carbons (Fsp3) is 0.182. The molecule has 4 nitrogen and oxygen atoms in total. The number of Topliss-reactive ketones (excluding diaryl/α,β-unsaturated/α-hetero) is 1. The second kappa shape index (κ2) is 4.91. The molecule has 1 aromatic rings. The van der Waals surface area contributed by atoms with Crippen LogP contribution >= 0.6 is 0 Å². The number of hydrogen-bond acceptors (Lipinski definition) is 4. The Bertz CT molecular complexity index is 406. The van der Waals surface area contributed by atoms with Gasteiger partial charge in [0.15, 0.2) is 0 Å². The van der Waals surface area contributed by atoms with Crippen molar-refractivity contribution >= 4 is 11.8 Å². The monoisotopic (exact) mass is 203 g/mol. The van der Waals surface area contributed by atoms with Crippen molar-refractivity contribution in [1.29, 1.82) is 5.26 Å². The number of carbonyl (C=O) groups excluding carboxylic acids is 2. The fourth-order valence-electron chi connectivity index (χ4n) is 1.15. The van der Waals surface area contributed by atoms with Crippen LogP contribution in [0.4, 0.5) is 0 Å². The third-order valence-corrected chi connectivity index (χ3v) is 1.91. The van der Waals surface area contributed by atoms with E-state index in [0.29, 0.717) is 5.56 Å². The highest BCUT2D eigenvalue weighted by atomic mass is 16.5. The molecule has 0 aliphatic carbocycles. The molecule has 0 aromatic heterocycles. The van der Waals surface area contributed by atoms with Gasteiger partial charge < -0.3 is 4.74 Å². The van der Waals surface area contributed by atoms with Crippen LogP contribution in [-0.4, -0.2) is 18.9 Å². The van der Waals surface area contributed by atoms with Crippen LogP contribution in [0.1, 0.15) is 11.5 Å². The smallest absolute Gasteiger partial charge is 0.376 e. The molecule has 0 saturated heterocycles. The van der Waals surface area contributed by atoms with E-state index in [1.165, 1.54) is 0 Å². The van der Waals surface area contributed by atoms with Crippen molar-refractivity contribution in [3.63, 3.8) is 0 Å². The Morgan fingerprint density at radius 2 is 1.93 bits per heavy atom. The molecule has 0 bridgehead atoms. The van der Waals surface area contributed by atoms with Crippen LogP contribution in [0, 0.1) is 11.3 Å². The van der Waals surface area contributed by atoms with E-state index in [1.807, 2.05) is 0 Å². The number of ether oxygens (including phenoxy) is 1. The summed E-state index contributed by atoms with van der Waals surface area (Å²) in [5.41, 5.74) is 0.496. The van der Waals surface area contributed by atoms with Crippen LogP contribution in [-0.2, 0) is 14.3 Å². The number of hydrogen-bond donors (Lipinski definition) is 0. The number of nitriles is 1. The number of carbonyl (C=O) groups is 2. The normalized spacial score (nSPS) is 11.2. The number of esters is 1. The molecule has 0 heterocycles. The molecular weight excluding hydrogens is 194 g/mol. The first-order chi connectivity index (χ1) is 7.20. The molecule has 0 unspecified atom stereocenters. The van der Waals surface area contributed by atoms with E-state index >= 15 is 0 Å². The number of methoxy groups -OCH3 is 1. The molecule has 0 spiro atoms. The summed E-state index contributed by atoms with van der Waals surface area (Å²) >= 11 is 0. The highest BCUT2D eigenvalue weighted by molar-refractivity contribution is 6.36. The third-order valence-electron chi connectivity index (χ3n) is 1.91. The standard InChI is InChI=1S/C11H9NO3/c1-15-11(14)10(13)9(7-12)8-5-3-2-4-6-8/h2-6,9H,1H3/t9-/m1/s1. The zero-order chi connectivity index (χ0) is 11.3. The lowest BCUT2D eigenvalue weighted by molar-refractivity contribution is -0.151. The molecule has 76 valence electrons. The Morgan fingerprint density at radius 1 is 1.33 bits per heavy atom. The topological polar surface area (TPSA) is 67.2 Å². The highest BCUT2D eigenvalue weighted by Crippen LogP contribution is 2.15. The molecular formula is C11H9NO3. The Balaban J connectivity index is 2.97. The lowest BCUT2D eigenvalue weighted by Gasteiger charge is -2.05. The van der Waals surface area contributed by atoms with E-state index < -0.39 is 17.7 Å². The average molecular weight is 203 g/mol. The van der Waals surface area contributed by atoms with Crippen LogP contribution in [0.3, 0.4) is 0 Å². The van der Waals surface area contributed by atoms with E-state index in [0.717, 1.165) is 7.11 Å². The van der Waals surface area contributed by atoms with Gasteiger partial charge >= 0.3 is 5.97 Å². The predicted molar refractivity (Wildman–Crippen MR) is 51.8 cm³/mol. The number of rotatable bonds is 3. The van der Waals surface area contributed by atoms with Gasteiger partial charge in [0.25, 0.3) is 5.78 Å². The first-order valence-corrected chi connectivity index (χ1v) is 4.27. The van der Waals surface area contributed by atoms with Gasteiger partial charge in [-0.25, -0.2) is 4.79 Å². The lowest BCUT2D eigenvalue weighted by atomic mass is 9.96. The van der Waals surface area contributed by atoms with Gasteiger partial charge in [0, 0.05) is 0 Å².